The van der Waals surface area contributed by atoms with Gasteiger partial charge in [-0.25, -0.2) is 0 Å². The van der Waals surface area contributed by atoms with E-state index in [2.05, 4.69) is 67.1 Å². The number of hydrogen-bond acceptors (Lipinski definition) is 12. The predicted molar refractivity (Wildman–Crippen MR) is 237 cm³/mol. The third-order valence-corrected chi connectivity index (χ3v) is 11.4. The van der Waals surface area contributed by atoms with Gasteiger partial charge in [0.15, 0.2) is 0 Å². The number of rotatable bonds is 9. The van der Waals surface area contributed by atoms with Gasteiger partial charge < -0.3 is 30.1 Å². The summed E-state index contributed by atoms with van der Waals surface area (Å²) in [6.45, 7) is 12.5. The Bertz CT molecular complexity index is 2350. The number of halogens is 1. The molecule has 4 aromatic heterocycles. The quantitative estimate of drug-likeness (QED) is 0.121. The fourth-order valence-corrected chi connectivity index (χ4v) is 7.53. The summed E-state index contributed by atoms with van der Waals surface area (Å²) in [5.41, 5.74) is 2.15. The zero-order valence-electron chi connectivity index (χ0n) is 38.0. The van der Waals surface area contributed by atoms with Crippen molar-refractivity contribution in [3.05, 3.63) is 119 Å². The molecule has 6 aromatic rings. The molecular formula is C44H56IN10NaO6. The van der Waals surface area contributed by atoms with Crippen LogP contribution in [0.5, 0.6) is 0 Å². The fourth-order valence-electron chi connectivity index (χ4n) is 7.53. The number of nitrogens with zero attached hydrogens (tertiary/aromatic N) is 10. The van der Waals surface area contributed by atoms with E-state index in [4.69, 9.17) is 13.8 Å². The molecule has 6 heterocycles. The number of likely N-dealkylation sites (tertiary alicyclic amines) is 2. The molecule has 1 N–H and O–H groups in total. The molecule has 326 valence electrons. The van der Waals surface area contributed by atoms with Crippen LogP contribution in [0.1, 0.15) is 124 Å². The summed E-state index contributed by atoms with van der Waals surface area (Å²) in [7, 11) is 1.66. The van der Waals surface area contributed by atoms with Crippen LogP contribution >= 0.6 is 22.6 Å². The molecule has 2 aliphatic rings. The first-order valence-electron chi connectivity index (χ1n) is 20.4. The summed E-state index contributed by atoms with van der Waals surface area (Å²) in [5.74, 6) is 1.54. The van der Waals surface area contributed by atoms with Gasteiger partial charge >= 0.3 is 29.6 Å². The third kappa shape index (κ3) is 11.1. The second kappa shape index (κ2) is 21.4. The summed E-state index contributed by atoms with van der Waals surface area (Å²) in [4.78, 5) is 35.7. The van der Waals surface area contributed by atoms with Crippen LogP contribution in [0.4, 0.5) is 0 Å². The van der Waals surface area contributed by atoms with Crippen LogP contribution in [0.3, 0.4) is 0 Å². The number of carbonyl (C=O) groups excluding carboxylic acids is 2. The first kappa shape index (κ1) is 48.8. The monoisotopic (exact) mass is 970 g/mol. The normalized spacial score (nSPS) is 19.1. The van der Waals surface area contributed by atoms with Crippen molar-refractivity contribution in [2.24, 2.45) is 0 Å². The molecule has 16 nitrogen and oxygen atoms in total. The van der Waals surface area contributed by atoms with Gasteiger partial charge in [0.05, 0.1) is 47.3 Å². The van der Waals surface area contributed by atoms with Crippen molar-refractivity contribution in [2.45, 2.75) is 102 Å². The van der Waals surface area contributed by atoms with Crippen LogP contribution in [0.15, 0.2) is 94.5 Å². The molecule has 8 rings (SSSR count). The molecule has 0 radical (unpaired) electrons. The van der Waals surface area contributed by atoms with Gasteiger partial charge in [0.1, 0.15) is 34.1 Å². The number of piperidine rings is 2. The Morgan fingerprint density at radius 2 is 1.08 bits per heavy atom. The van der Waals surface area contributed by atoms with E-state index in [0.29, 0.717) is 47.0 Å². The zero-order valence-corrected chi connectivity index (χ0v) is 41.1. The van der Waals surface area contributed by atoms with Gasteiger partial charge in [-0.05, 0) is 96.4 Å². The fraction of sp³-hybridized carbons (Fsp3) is 0.455. The number of alkyl halides is 1. The number of carbonyl (C=O) groups is 2. The number of ether oxygens (including phenoxy) is 1. The van der Waals surface area contributed by atoms with Gasteiger partial charge in [-0.2, -0.15) is 30.0 Å². The van der Waals surface area contributed by atoms with Gasteiger partial charge in [-0.1, -0.05) is 57.2 Å². The van der Waals surface area contributed by atoms with E-state index in [9.17, 15) is 14.7 Å². The Hall–Kier alpha value is -4.27. The molecule has 0 unspecified atom stereocenters. The molecule has 2 aliphatic heterocycles. The Morgan fingerprint density at radius 3 is 1.47 bits per heavy atom. The topological polar surface area (TPSA) is 184 Å². The van der Waals surface area contributed by atoms with E-state index >= 15 is 0 Å². The number of amides is 2. The summed E-state index contributed by atoms with van der Waals surface area (Å²) in [6, 6.07) is 18.8. The number of para-hydroxylation sites is 2. The summed E-state index contributed by atoms with van der Waals surface area (Å²) < 4.78 is 16.7. The second-order valence-electron chi connectivity index (χ2n) is 16.3. The Morgan fingerprint density at radius 1 is 0.694 bits per heavy atom. The molecular weight excluding hydrogens is 914 g/mol. The molecule has 0 saturated carbocycles. The van der Waals surface area contributed by atoms with E-state index in [0.717, 1.165) is 37.1 Å². The molecule has 2 fully saturated rings. The van der Waals surface area contributed by atoms with Gasteiger partial charge in [-0.15, -0.1) is 0 Å². The Labute approximate surface area is 399 Å². The number of benzene rings is 2. The van der Waals surface area contributed by atoms with Crippen LogP contribution in [-0.2, 0) is 15.9 Å². The molecule has 4 atom stereocenters. The van der Waals surface area contributed by atoms with Gasteiger partial charge in [-0.3, -0.25) is 9.59 Å². The van der Waals surface area contributed by atoms with Crippen LogP contribution in [0, 0.1) is 0 Å². The van der Waals surface area contributed by atoms with Crippen molar-refractivity contribution >= 4 is 34.4 Å². The predicted octanol–water partition coefficient (Wildman–Crippen LogP) is 4.60. The average molecular weight is 971 g/mol. The van der Waals surface area contributed by atoms with Crippen molar-refractivity contribution in [3.8, 4) is 11.4 Å². The van der Waals surface area contributed by atoms with E-state index in [1.165, 1.54) is 9.59 Å². The van der Waals surface area contributed by atoms with Gasteiger partial charge in [0, 0.05) is 56.3 Å². The minimum absolute atomic E-state index is 0. The maximum Gasteiger partial charge on any atom is 1.00 e. The molecule has 62 heavy (non-hydrogen) atoms. The largest absolute Gasteiger partial charge is 1.00 e. The molecule has 18 heteroatoms. The van der Waals surface area contributed by atoms with Crippen LogP contribution in [-0.4, -0.2) is 104 Å². The first-order chi connectivity index (χ1) is 29.2. The number of aliphatic hydroxyl groups is 1. The summed E-state index contributed by atoms with van der Waals surface area (Å²) in [5, 5.41) is 35.1. The number of aromatic nitrogens is 8. The minimum Gasteiger partial charge on any atom is -1.00 e. The number of methoxy groups -OCH3 is 1. The molecule has 0 spiro atoms. The second-order valence-corrected chi connectivity index (χ2v) is 16.3. The van der Waals surface area contributed by atoms with E-state index in [-0.39, 0.29) is 66.7 Å². The molecule has 0 bridgehead atoms. The standard InChI is InChI=1S/C22H27N5O3.C21H25N5O3.CH3I.Na.H/c1-15-9-10-16(19-13-20(25-30-19)22(2,3)29-4)14-26(15)21(28)17-7-5-6-8-18(17)27-23-11-12-24-27;1-14-8-9-15(18-12-19(24-29-18)21(2,3)28)13-25(14)20(27)16-6-4-5-7-17(16)26-22-10-11-23-26;1-2;;/h5-8,11-13,15-16H,9-10,14H2,1-4H3;4-7,10-12,14-15,28H,8-9,13H2,1-3H3;1H3;;/q;;;+1;-1/t15-,16-;14-,15-;;;/m11.../s1. The molecule has 2 aromatic carbocycles. The van der Waals surface area contributed by atoms with Crippen molar-refractivity contribution in [1.82, 2.24) is 50.1 Å². The SMILES string of the molecule is CI.COC(C)(C)c1cc([C@@H]2CC[C@@H](C)N(C(=O)c3ccccc3-n3nccn3)C2)on1.C[C@@H]1CC[C@@H](c2cc(C(C)(C)O)no2)CN1C(=O)c1ccccc1-n1nccn1.[H-].[Na+]. The maximum atomic E-state index is 13.5. The minimum atomic E-state index is -1.06. The van der Waals surface area contributed by atoms with Crippen LogP contribution in [0.2, 0.25) is 0 Å². The molecule has 2 amide bonds. The number of hydrogen-bond donors (Lipinski definition) is 1. The summed E-state index contributed by atoms with van der Waals surface area (Å²) >= 11 is 2.15. The van der Waals surface area contributed by atoms with Crippen LogP contribution in [0.25, 0.3) is 11.4 Å². The van der Waals surface area contributed by atoms with Crippen molar-refractivity contribution in [2.75, 3.05) is 25.1 Å². The van der Waals surface area contributed by atoms with E-state index in [1.807, 2.05) is 77.1 Å². The van der Waals surface area contributed by atoms with Crippen molar-refractivity contribution in [3.63, 3.8) is 0 Å². The smallest absolute Gasteiger partial charge is 1.00 e. The van der Waals surface area contributed by atoms with E-state index < -0.39 is 11.2 Å². The van der Waals surface area contributed by atoms with E-state index in [1.54, 1.807) is 57.9 Å². The zero-order chi connectivity index (χ0) is 43.9. The van der Waals surface area contributed by atoms with Crippen molar-refractivity contribution in [1.29, 1.82) is 0 Å². The van der Waals surface area contributed by atoms with Crippen LogP contribution < -0.4 is 29.6 Å². The maximum absolute atomic E-state index is 13.5. The third-order valence-electron chi connectivity index (χ3n) is 11.4. The van der Waals surface area contributed by atoms with Gasteiger partial charge in [0.25, 0.3) is 11.8 Å². The summed E-state index contributed by atoms with van der Waals surface area (Å²) in [6.07, 6.45) is 9.96. The van der Waals surface area contributed by atoms with Gasteiger partial charge in [0.2, 0.25) is 0 Å². The molecule has 0 aliphatic carbocycles. The molecule has 2 saturated heterocycles. The Balaban J connectivity index is 0.000000258. The first-order valence-corrected chi connectivity index (χ1v) is 22.5. The average Bonchev–Trinajstić information content (AvgIpc) is 4.13. The Kier molecular flexibility index (Phi) is 16.8. The van der Waals surface area contributed by atoms with Crippen molar-refractivity contribution < 1.29 is 59.5 Å².